The Labute approximate surface area is 179 Å². The SMILES string of the molecule is O=C(CN1CCCC1c1nc2ccccc2s1)Nc1ccccc1C(=O)NC1CC1. The zero-order chi connectivity index (χ0) is 20.5. The van der Waals surface area contributed by atoms with Crippen molar-refractivity contribution < 1.29 is 9.59 Å². The van der Waals surface area contributed by atoms with Crippen molar-refractivity contribution in [2.75, 3.05) is 18.4 Å². The van der Waals surface area contributed by atoms with Gasteiger partial charge in [0.15, 0.2) is 0 Å². The van der Waals surface area contributed by atoms with Gasteiger partial charge < -0.3 is 10.6 Å². The van der Waals surface area contributed by atoms with Gasteiger partial charge in [0.1, 0.15) is 5.01 Å². The average molecular weight is 421 g/mol. The molecule has 2 amide bonds. The Bertz CT molecular complexity index is 1060. The van der Waals surface area contributed by atoms with Crippen molar-refractivity contribution in [2.24, 2.45) is 0 Å². The van der Waals surface area contributed by atoms with Crippen LogP contribution >= 0.6 is 11.3 Å². The highest BCUT2D eigenvalue weighted by molar-refractivity contribution is 7.18. The topological polar surface area (TPSA) is 74.3 Å². The maximum atomic E-state index is 12.8. The summed E-state index contributed by atoms with van der Waals surface area (Å²) in [7, 11) is 0. The van der Waals surface area contributed by atoms with E-state index in [4.69, 9.17) is 4.98 Å². The summed E-state index contributed by atoms with van der Waals surface area (Å²) in [6.45, 7) is 1.16. The first-order valence-corrected chi connectivity index (χ1v) is 11.3. The number of likely N-dealkylation sites (tertiary alicyclic amines) is 1. The number of carbonyl (C=O) groups excluding carboxylic acids is 2. The second kappa shape index (κ2) is 8.16. The molecule has 3 aromatic rings. The third-order valence-corrected chi connectivity index (χ3v) is 6.80. The number of rotatable bonds is 6. The van der Waals surface area contributed by atoms with Gasteiger partial charge in [-0.1, -0.05) is 24.3 Å². The molecule has 6 nitrogen and oxygen atoms in total. The normalized spacial score (nSPS) is 19.1. The van der Waals surface area contributed by atoms with E-state index >= 15 is 0 Å². The summed E-state index contributed by atoms with van der Waals surface area (Å²) < 4.78 is 1.18. The minimum atomic E-state index is -0.123. The molecule has 7 heteroatoms. The van der Waals surface area contributed by atoms with Gasteiger partial charge in [-0.2, -0.15) is 0 Å². The Morgan fingerprint density at radius 3 is 2.70 bits per heavy atom. The summed E-state index contributed by atoms with van der Waals surface area (Å²) in [6, 6.07) is 15.8. The predicted octanol–water partition coefficient (Wildman–Crippen LogP) is 3.96. The highest BCUT2D eigenvalue weighted by atomic mass is 32.1. The van der Waals surface area contributed by atoms with Crippen LogP contribution in [0, 0.1) is 0 Å². The molecule has 0 radical (unpaired) electrons. The van der Waals surface area contributed by atoms with Gasteiger partial charge in [0.05, 0.1) is 34.1 Å². The van der Waals surface area contributed by atoms with Gasteiger partial charge in [0.25, 0.3) is 5.91 Å². The molecule has 0 bridgehead atoms. The molecule has 5 rings (SSSR count). The molecule has 2 N–H and O–H groups in total. The van der Waals surface area contributed by atoms with Gasteiger partial charge in [0, 0.05) is 6.04 Å². The number of thiazole rings is 1. The highest BCUT2D eigenvalue weighted by Crippen LogP contribution is 2.36. The lowest BCUT2D eigenvalue weighted by Gasteiger charge is -2.22. The first-order valence-electron chi connectivity index (χ1n) is 10.5. The molecule has 2 heterocycles. The molecule has 1 saturated heterocycles. The van der Waals surface area contributed by atoms with Gasteiger partial charge in [-0.25, -0.2) is 4.98 Å². The third-order valence-electron chi connectivity index (χ3n) is 5.66. The standard InChI is InChI=1S/C23H24N4O2S/c28-21(25-17-7-2-1-6-16(17)22(29)24-15-11-12-15)14-27-13-5-9-19(27)23-26-18-8-3-4-10-20(18)30-23/h1-4,6-8,10,15,19H,5,9,11-14H2,(H,24,29)(H,25,28). The number of amides is 2. The Balaban J connectivity index is 1.27. The van der Waals surface area contributed by atoms with Crippen LogP contribution < -0.4 is 10.6 Å². The van der Waals surface area contributed by atoms with Gasteiger partial charge in [0.2, 0.25) is 5.91 Å². The van der Waals surface area contributed by atoms with Crippen LogP contribution in [0.1, 0.15) is 47.1 Å². The smallest absolute Gasteiger partial charge is 0.253 e. The van der Waals surface area contributed by atoms with E-state index in [2.05, 4.69) is 21.6 Å². The molecule has 1 saturated carbocycles. The van der Waals surface area contributed by atoms with Crippen molar-refractivity contribution in [3.8, 4) is 0 Å². The van der Waals surface area contributed by atoms with E-state index in [1.165, 1.54) is 4.70 Å². The summed E-state index contributed by atoms with van der Waals surface area (Å²) in [6.07, 6.45) is 4.12. The number of benzene rings is 2. The quantitative estimate of drug-likeness (QED) is 0.633. The van der Waals surface area contributed by atoms with Gasteiger partial charge in [-0.15, -0.1) is 11.3 Å². The van der Waals surface area contributed by atoms with Gasteiger partial charge in [-0.05, 0) is 56.5 Å². The fourth-order valence-electron chi connectivity index (χ4n) is 3.98. The Kier molecular flexibility index (Phi) is 5.23. The second-order valence-corrected chi connectivity index (χ2v) is 9.05. The second-order valence-electron chi connectivity index (χ2n) is 7.99. The van der Waals surface area contributed by atoms with E-state index in [0.717, 1.165) is 42.8 Å². The van der Waals surface area contributed by atoms with Crippen LogP contribution in [-0.2, 0) is 4.79 Å². The molecule has 1 aliphatic carbocycles. The number of aromatic nitrogens is 1. The number of hydrogen-bond donors (Lipinski definition) is 2. The Morgan fingerprint density at radius 2 is 1.87 bits per heavy atom. The molecule has 1 atom stereocenters. The maximum Gasteiger partial charge on any atom is 0.253 e. The number of hydrogen-bond acceptors (Lipinski definition) is 5. The molecule has 0 spiro atoms. The van der Waals surface area contributed by atoms with Crippen molar-refractivity contribution in [2.45, 2.75) is 37.8 Å². The summed E-state index contributed by atoms with van der Waals surface area (Å²) >= 11 is 1.71. The molecule has 30 heavy (non-hydrogen) atoms. The third kappa shape index (κ3) is 4.08. The number of nitrogens with one attached hydrogen (secondary N) is 2. The first-order chi connectivity index (χ1) is 14.7. The van der Waals surface area contributed by atoms with E-state index < -0.39 is 0 Å². The molecule has 2 aliphatic rings. The van der Waals surface area contributed by atoms with E-state index in [1.54, 1.807) is 23.5 Å². The molecule has 1 aliphatic heterocycles. The van der Waals surface area contributed by atoms with E-state index in [9.17, 15) is 9.59 Å². The number of carbonyl (C=O) groups is 2. The molecule has 1 unspecified atom stereocenters. The maximum absolute atomic E-state index is 12.8. The van der Waals surface area contributed by atoms with Crippen LogP contribution in [0.5, 0.6) is 0 Å². The van der Waals surface area contributed by atoms with Crippen molar-refractivity contribution >= 4 is 39.1 Å². The van der Waals surface area contributed by atoms with Gasteiger partial charge >= 0.3 is 0 Å². The molecule has 2 fully saturated rings. The number of para-hydroxylation sites is 2. The first kappa shape index (κ1) is 19.2. The fraction of sp³-hybridized carbons (Fsp3) is 0.348. The minimum Gasteiger partial charge on any atom is -0.349 e. The lowest BCUT2D eigenvalue weighted by Crippen LogP contribution is -2.33. The van der Waals surface area contributed by atoms with Crippen molar-refractivity contribution in [1.82, 2.24) is 15.2 Å². The van der Waals surface area contributed by atoms with Crippen molar-refractivity contribution in [3.05, 3.63) is 59.1 Å². The Morgan fingerprint density at radius 1 is 1.07 bits per heavy atom. The minimum absolute atomic E-state index is 0.102. The van der Waals surface area contributed by atoms with E-state index in [0.29, 0.717) is 17.8 Å². The largest absolute Gasteiger partial charge is 0.349 e. The Hall–Kier alpha value is -2.77. The lowest BCUT2D eigenvalue weighted by atomic mass is 10.1. The average Bonchev–Trinajstić information content (AvgIpc) is 3.26. The molecule has 1 aromatic heterocycles. The zero-order valence-electron chi connectivity index (χ0n) is 16.6. The predicted molar refractivity (Wildman–Crippen MR) is 119 cm³/mol. The molecular formula is C23H24N4O2S. The number of nitrogens with zero attached hydrogens (tertiary/aromatic N) is 2. The monoisotopic (exact) mass is 420 g/mol. The summed E-state index contributed by atoms with van der Waals surface area (Å²) in [5, 5.41) is 7.02. The zero-order valence-corrected chi connectivity index (χ0v) is 17.5. The van der Waals surface area contributed by atoms with Crippen molar-refractivity contribution in [1.29, 1.82) is 0 Å². The highest BCUT2D eigenvalue weighted by Gasteiger charge is 2.30. The summed E-state index contributed by atoms with van der Waals surface area (Å²) in [4.78, 5) is 32.3. The number of anilines is 1. The fourth-order valence-corrected chi connectivity index (χ4v) is 5.12. The molecule has 154 valence electrons. The molecular weight excluding hydrogens is 396 g/mol. The lowest BCUT2D eigenvalue weighted by molar-refractivity contribution is -0.117. The van der Waals surface area contributed by atoms with Crippen molar-refractivity contribution in [3.63, 3.8) is 0 Å². The number of fused-ring (bicyclic) bond motifs is 1. The van der Waals surface area contributed by atoms with Crippen LogP contribution in [0.4, 0.5) is 5.69 Å². The van der Waals surface area contributed by atoms with Crippen LogP contribution in [0.3, 0.4) is 0 Å². The van der Waals surface area contributed by atoms with Crippen LogP contribution in [-0.4, -0.2) is 40.8 Å². The van der Waals surface area contributed by atoms with Crippen LogP contribution in [0.15, 0.2) is 48.5 Å². The summed E-state index contributed by atoms with van der Waals surface area (Å²) in [5.41, 5.74) is 2.10. The van der Waals surface area contributed by atoms with Crippen LogP contribution in [0.2, 0.25) is 0 Å². The van der Waals surface area contributed by atoms with E-state index in [-0.39, 0.29) is 23.9 Å². The summed E-state index contributed by atoms with van der Waals surface area (Å²) in [5.74, 6) is -0.225. The van der Waals surface area contributed by atoms with E-state index in [1.807, 2.05) is 30.3 Å². The molecule has 2 aromatic carbocycles. The van der Waals surface area contributed by atoms with Crippen LogP contribution in [0.25, 0.3) is 10.2 Å². The van der Waals surface area contributed by atoms with Gasteiger partial charge in [-0.3, -0.25) is 14.5 Å².